The quantitative estimate of drug-likeness (QED) is 0.316. The highest BCUT2D eigenvalue weighted by atomic mass is 79.9. The molecule has 0 unspecified atom stereocenters. The zero-order chi connectivity index (χ0) is 21.1. The minimum atomic E-state index is -0.647. The average Bonchev–Trinajstić information content (AvgIpc) is 3.08. The Hall–Kier alpha value is -3.01. The van der Waals surface area contributed by atoms with Crippen molar-refractivity contribution >= 4 is 39.1 Å². The maximum atomic E-state index is 13.6. The van der Waals surface area contributed by atoms with Crippen LogP contribution in [-0.4, -0.2) is 31.3 Å². The van der Waals surface area contributed by atoms with Crippen molar-refractivity contribution in [3.63, 3.8) is 0 Å². The number of carbonyl (C=O) groups excluding carboxylic acids is 1. The summed E-state index contributed by atoms with van der Waals surface area (Å²) in [6.45, 7) is 0.0903. The van der Waals surface area contributed by atoms with E-state index in [1.165, 1.54) is 29.1 Å². The Balaban J connectivity index is 1.62. The van der Waals surface area contributed by atoms with Gasteiger partial charge in [-0.1, -0.05) is 15.9 Å². The van der Waals surface area contributed by atoms with Crippen LogP contribution in [0.3, 0.4) is 0 Å². The number of carbonyl (C=O) groups is 1. The molecule has 0 N–H and O–H groups in total. The number of imidazole rings is 1. The van der Waals surface area contributed by atoms with Crippen molar-refractivity contribution in [3.05, 3.63) is 67.3 Å². The standard InChI is InChI=1S/C19H18BrFN4O4/c1-23-11-22-17-16(23)18(27)25(19(28)24(17)2)8-3-9-29-15(26)7-4-12-10-13(20)5-6-14(12)21/h4-7,10-11H,3,8-9H2,1-2H3/b7-4+. The van der Waals surface area contributed by atoms with E-state index >= 15 is 0 Å². The molecule has 29 heavy (non-hydrogen) atoms. The van der Waals surface area contributed by atoms with Gasteiger partial charge in [-0.15, -0.1) is 0 Å². The molecule has 0 amide bonds. The Morgan fingerprint density at radius 2 is 2.07 bits per heavy atom. The molecule has 0 saturated carbocycles. The fourth-order valence-electron chi connectivity index (χ4n) is 2.84. The van der Waals surface area contributed by atoms with E-state index in [9.17, 15) is 18.8 Å². The molecule has 2 heterocycles. The third-order valence-corrected chi connectivity index (χ3v) is 4.82. The lowest BCUT2D eigenvalue weighted by atomic mass is 10.2. The lowest BCUT2D eigenvalue weighted by Gasteiger charge is -2.08. The molecule has 3 aromatic rings. The van der Waals surface area contributed by atoms with Crippen LogP contribution in [0.2, 0.25) is 0 Å². The molecule has 0 radical (unpaired) electrons. The van der Waals surface area contributed by atoms with Gasteiger partial charge in [-0.25, -0.2) is 19.0 Å². The van der Waals surface area contributed by atoms with E-state index < -0.39 is 23.0 Å². The molecule has 0 saturated heterocycles. The molecule has 1 aromatic carbocycles. The molecule has 8 nitrogen and oxygen atoms in total. The Morgan fingerprint density at radius 3 is 2.83 bits per heavy atom. The number of nitrogens with zero attached hydrogens (tertiary/aromatic N) is 4. The van der Waals surface area contributed by atoms with Gasteiger partial charge < -0.3 is 9.30 Å². The highest BCUT2D eigenvalue weighted by molar-refractivity contribution is 9.10. The maximum absolute atomic E-state index is 13.6. The highest BCUT2D eigenvalue weighted by Gasteiger charge is 2.14. The van der Waals surface area contributed by atoms with Gasteiger partial charge in [0.05, 0.1) is 12.9 Å². The van der Waals surface area contributed by atoms with E-state index in [-0.39, 0.29) is 25.1 Å². The van der Waals surface area contributed by atoms with Gasteiger partial charge in [0.2, 0.25) is 0 Å². The van der Waals surface area contributed by atoms with Crippen LogP contribution in [0.15, 0.2) is 44.7 Å². The van der Waals surface area contributed by atoms with Crippen LogP contribution >= 0.6 is 15.9 Å². The molecule has 0 atom stereocenters. The molecule has 152 valence electrons. The van der Waals surface area contributed by atoms with E-state index in [0.29, 0.717) is 15.6 Å². The predicted octanol–water partition coefficient (Wildman–Crippen LogP) is 1.98. The first kappa shape index (κ1) is 20.7. The van der Waals surface area contributed by atoms with Crippen molar-refractivity contribution in [1.29, 1.82) is 0 Å². The van der Waals surface area contributed by atoms with Crippen LogP contribution in [0.1, 0.15) is 12.0 Å². The van der Waals surface area contributed by atoms with Gasteiger partial charge in [-0.05, 0) is 30.7 Å². The second-order valence-corrected chi connectivity index (χ2v) is 7.26. The minimum absolute atomic E-state index is 0.00313. The molecule has 0 spiro atoms. The van der Waals surface area contributed by atoms with Crippen LogP contribution in [0, 0.1) is 5.82 Å². The van der Waals surface area contributed by atoms with Crippen molar-refractivity contribution in [2.24, 2.45) is 14.1 Å². The topological polar surface area (TPSA) is 88.1 Å². The van der Waals surface area contributed by atoms with E-state index in [2.05, 4.69) is 20.9 Å². The second kappa shape index (κ2) is 8.56. The lowest BCUT2D eigenvalue weighted by molar-refractivity contribution is -0.137. The van der Waals surface area contributed by atoms with Gasteiger partial charge >= 0.3 is 11.7 Å². The van der Waals surface area contributed by atoms with Crippen LogP contribution in [0.4, 0.5) is 4.39 Å². The van der Waals surface area contributed by atoms with Crippen molar-refractivity contribution < 1.29 is 13.9 Å². The average molecular weight is 465 g/mol. The summed E-state index contributed by atoms with van der Waals surface area (Å²) >= 11 is 3.23. The summed E-state index contributed by atoms with van der Waals surface area (Å²) in [5, 5.41) is 0. The van der Waals surface area contributed by atoms with Gasteiger partial charge in [0, 0.05) is 36.8 Å². The second-order valence-electron chi connectivity index (χ2n) is 6.35. The summed E-state index contributed by atoms with van der Waals surface area (Å²) in [6.07, 6.45) is 4.18. The van der Waals surface area contributed by atoms with Crippen molar-refractivity contribution in [1.82, 2.24) is 18.7 Å². The van der Waals surface area contributed by atoms with E-state index in [1.807, 2.05) is 0 Å². The number of benzene rings is 1. The van der Waals surface area contributed by atoms with Crippen LogP contribution < -0.4 is 11.2 Å². The summed E-state index contributed by atoms with van der Waals surface area (Å²) < 4.78 is 23.3. The predicted molar refractivity (Wildman–Crippen MR) is 109 cm³/mol. The van der Waals surface area contributed by atoms with Crippen LogP contribution in [0.5, 0.6) is 0 Å². The Bertz CT molecular complexity index is 1230. The fraction of sp³-hybridized carbons (Fsp3) is 0.263. The molecular weight excluding hydrogens is 447 g/mol. The number of aromatic nitrogens is 4. The maximum Gasteiger partial charge on any atom is 0.332 e. The fourth-order valence-corrected chi connectivity index (χ4v) is 3.22. The van der Waals surface area contributed by atoms with E-state index in [4.69, 9.17) is 4.74 Å². The first-order valence-corrected chi connectivity index (χ1v) is 9.49. The molecule has 10 heteroatoms. The number of aryl methyl sites for hydroxylation is 2. The number of ether oxygens (including phenoxy) is 1. The molecule has 2 aromatic heterocycles. The highest BCUT2D eigenvalue weighted by Crippen LogP contribution is 2.16. The van der Waals surface area contributed by atoms with Gasteiger partial charge in [-0.3, -0.25) is 13.9 Å². The summed E-state index contributed by atoms with van der Waals surface area (Å²) in [4.78, 5) is 40.8. The Labute approximate surface area is 173 Å². The first-order valence-electron chi connectivity index (χ1n) is 8.70. The first-order chi connectivity index (χ1) is 13.8. The van der Waals surface area contributed by atoms with E-state index in [1.54, 1.807) is 24.7 Å². The number of esters is 1. The summed E-state index contributed by atoms with van der Waals surface area (Å²) in [5.74, 6) is -1.11. The smallest absolute Gasteiger partial charge is 0.332 e. The van der Waals surface area contributed by atoms with Crippen molar-refractivity contribution in [3.8, 4) is 0 Å². The summed E-state index contributed by atoms with van der Waals surface area (Å²) in [6, 6.07) is 4.38. The molecule has 0 aliphatic heterocycles. The van der Waals surface area contributed by atoms with Gasteiger partial charge in [-0.2, -0.15) is 0 Å². The van der Waals surface area contributed by atoms with Crippen molar-refractivity contribution in [2.75, 3.05) is 6.61 Å². The largest absolute Gasteiger partial charge is 0.462 e. The van der Waals surface area contributed by atoms with Crippen LogP contribution in [-0.2, 0) is 30.2 Å². The SMILES string of the molecule is Cn1cnc2c1c(=O)n(CCCOC(=O)/C=C/c1cc(Br)ccc1F)c(=O)n2C. The number of hydrogen-bond acceptors (Lipinski definition) is 5. The Kier molecular flexibility index (Phi) is 6.12. The number of hydrogen-bond donors (Lipinski definition) is 0. The van der Waals surface area contributed by atoms with Gasteiger partial charge in [0.1, 0.15) is 5.82 Å². The summed E-state index contributed by atoms with van der Waals surface area (Å²) in [5.41, 5.74) is -0.0500. The number of fused-ring (bicyclic) bond motifs is 1. The third kappa shape index (κ3) is 4.37. The molecule has 0 bridgehead atoms. The molecular formula is C19H18BrFN4O4. The summed E-state index contributed by atoms with van der Waals surface area (Å²) in [7, 11) is 3.22. The lowest BCUT2D eigenvalue weighted by Crippen LogP contribution is -2.39. The van der Waals surface area contributed by atoms with Gasteiger partial charge in [0.15, 0.2) is 11.2 Å². The van der Waals surface area contributed by atoms with Crippen LogP contribution in [0.25, 0.3) is 17.2 Å². The minimum Gasteiger partial charge on any atom is -0.462 e. The Morgan fingerprint density at radius 1 is 1.31 bits per heavy atom. The molecule has 0 aliphatic rings. The van der Waals surface area contributed by atoms with Crippen molar-refractivity contribution in [2.45, 2.75) is 13.0 Å². The monoisotopic (exact) mass is 464 g/mol. The normalized spacial score (nSPS) is 11.4. The third-order valence-electron chi connectivity index (χ3n) is 4.33. The zero-order valence-corrected chi connectivity index (χ0v) is 17.3. The number of rotatable bonds is 6. The zero-order valence-electron chi connectivity index (χ0n) is 15.8. The molecule has 3 rings (SSSR count). The molecule has 0 fully saturated rings. The van der Waals surface area contributed by atoms with Gasteiger partial charge in [0.25, 0.3) is 5.56 Å². The molecule has 0 aliphatic carbocycles. The number of halogens is 2. The van der Waals surface area contributed by atoms with E-state index in [0.717, 1.165) is 10.6 Å².